The molecule has 0 spiro atoms. The van der Waals surface area contributed by atoms with Crippen molar-refractivity contribution in [3.05, 3.63) is 47.6 Å². The molecule has 134 valence electrons. The molecule has 0 radical (unpaired) electrons. The highest BCUT2D eigenvalue weighted by atomic mass is 16.5. The van der Waals surface area contributed by atoms with E-state index in [2.05, 4.69) is 57.2 Å². The van der Waals surface area contributed by atoms with E-state index in [1.54, 1.807) is 0 Å². The van der Waals surface area contributed by atoms with Gasteiger partial charge in [0.25, 0.3) is 0 Å². The van der Waals surface area contributed by atoms with E-state index in [0.29, 0.717) is 11.9 Å². The van der Waals surface area contributed by atoms with E-state index in [4.69, 9.17) is 9.26 Å². The highest BCUT2D eigenvalue weighted by molar-refractivity contribution is 5.15. The minimum absolute atomic E-state index is 0.126. The van der Waals surface area contributed by atoms with Crippen LogP contribution < -0.4 is 0 Å². The van der Waals surface area contributed by atoms with Crippen LogP contribution in [-0.2, 0) is 17.7 Å². The van der Waals surface area contributed by atoms with Gasteiger partial charge in [-0.2, -0.15) is 4.98 Å². The molecule has 2 saturated heterocycles. The molecule has 6 heteroatoms. The van der Waals surface area contributed by atoms with Gasteiger partial charge < -0.3 is 9.26 Å². The fourth-order valence-corrected chi connectivity index (χ4v) is 3.85. The highest BCUT2D eigenvalue weighted by Crippen LogP contribution is 2.30. The molecule has 25 heavy (non-hydrogen) atoms. The van der Waals surface area contributed by atoms with Crippen molar-refractivity contribution in [3.63, 3.8) is 0 Å². The summed E-state index contributed by atoms with van der Waals surface area (Å²) >= 11 is 0. The maximum Gasteiger partial charge on any atom is 0.243 e. The first kappa shape index (κ1) is 16.7. The number of aromatic nitrogens is 2. The Bertz CT molecular complexity index is 690. The zero-order valence-corrected chi connectivity index (χ0v) is 15.0. The lowest BCUT2D eigenvalue weighted by molar-refractivity contribution is -0.0505. The Morgan fingerprint density at radius 1 is 1.24 bits per heavy atom. The van der Waals surface area contributed by atoms with Crippen LogP contribution in [-0.4, -0.2) is 58.3 Å². The molecule has 2 aromatic rings. The smallest absolute Gasteiger partial charge is 0.243 e. The van der Waals surface area contributed by atoms with E-state index < -0.39 is 0 Å². The zero-order chi connectivity index (χ0) is 17.2. The number of fused-ring (bicyclic) bond motifs is 1. The second kappa shape index (κ2) is 7.23. The number of nitrogens with zero attached hydrogens (tertiary/aromatic N) is 4. The summed E-state index contributed by atoms with van der Waals surface area (Å²) in [7, 11) is 0. The molecule has 1 aromatic carbocycles. The van der Waals surface area contributed by atoms with E-state index in [1.165, 1.54) is 5.56 Å². The molecule has 2 fully saturated rings. The van der Waals surface area contributed by atoms with Gasteiger partial charge in [-0.15, -0.1) is 0 Å². The molecule has 4 rings (SSSR count). The number of likely N-dealkylation sites (tertiary alicyclic amines) is 1. The summed E-state index contributed by atoms with van der Waals surface area (Å²) in [6.07, 6.45) is 1.06. The molecule has 0 bridgehead atoms. The summed E-state index contributed by atoms with van der Waals surface area (Å²) in [6.45, 7) is 8.85. The molecule has 2 aliphatic rings. The van der Waals surface area contributed by atoms with Crippen molar-refractivity contribution in [2.75, 3.05) is 26.2 Å². The zero-order valence-electron chi connectivity index (χ0n) is 15.0. The third kappa shape index (κ3) is 3.47. The SMILES string of the molecule is CCc1noc(C(C)N2CC3OCCN(Cc4ccccc4)C3C2)n1. The van der Waals surface area contributed by atoms with Crippen molar-refractivity contribution in [2.45, 2.75) is 45.0 Å². The van der Waals surface area contributed by atoms with Gasteiger partial charge in [-0.3, -0.25) is 9.80 Å². The van der Waals surface area contributed by atoms with Gasteiger partial charge in [-0.25, -0.2) is 0 Å². The Balaban J connectivity index is 1.45. The summed E-state index contributed by atoms with van der Waals surface area (Å²) in [4.78, 5) is 9.47. The number of aryl methyl sites for hydroxylation is 1. The van der Waals surface area contributed by atoms with Crippen LogP contribution in [0.4, 0.5) is 0 Å². The van der Waals surface area contributed by atoms with Crippen LogP contribution in [0.1, 0.15) is 37.2 Å². The summed E-state index contributed by atoms with van der Waals surface area (Å²) in [5.74, 6) is 1.49. The topological polar surface area (TPSA) is 54.6 Å². The molecular formula is C19H26N4O2. The first-order valence-electron chi connectivity index (χ1n) is 9.20. The minimum atomic E-state index is 0.126. The van der Waals surface area contributed by atoms with Crippen molar-refractivity contribution in [1.29, 1.82) is 0 Å². The highest BCUT2D eigenvalue weighted by Gasteiger charge is 2.42. The fourth-order valence-electron chi connectivity index (χ4n) is 3.85. The standard InChI is InChI=1S/C19H26N4O2/c1-3-18-20-19(25-21-18)14(2)23-12-16-17(13-23)24-10-9-22(16)11-15-7-5-4-6-8-15/h4-8,14,16-17H,3,9-13H2,1-2H3. The van der Waals surface area contributed by atoms with E-state index in [1.807, 2.05) is 6.92 Å². The molecule has 0 aliphatic carbocycles. The first-order chi connectivity index (χ1) is 12.2. The lowest BCUT2D eigenvalue weighted by atomic mass is 10.1. The first-order valence-corrected chi connectivity index (χ1v) is 9.20. The quantitative estimate of drug-likeness (QED) is 0.831. The molecule has 3 unspecified atom stereocenters. The van der Waals surface area contributed by atoms with E-state index in [-0.39, 0.29) is 12.1 Å². The maximum atomic E-state index is 6.06. The largest absolute Gasteiger partial charge is 0.374 e. The van der Waals surface area contributed by atoms with Gasteiger partial charge >= 0.3 is 0 Å². The number of morpholine rings is 1. The predicted molar refractivity (Wildman–Crippen MR) is 94.0 cm³/mol. The summed E-state index contributed by atoms with van der Waals surface area (Å²) in [6, 6.07) is 11.2. The Morgan fingerprint density at radius 3 is 2.84 bits per heavy atom. The molecule has 1 aromatic heterocycles. The van der Waals surface area contributed by atoms with Gasteiger partial charge in [0, 0.05) is 32.6 Å². The van der Waals surface area contributed by atoms with Gasteiger partial charge in [0.05, 0.1) is 24.8 Å². The van der Waals surface area contributed by atoms with Gasteiger partial charge in [0.1, 0.15) is 0 Å². The van der Waals surface area contributed by atoms with Crippen LogP contribution in [0.15, 0.2) is 34.9 Å². The molecule has 6 nitrogen and oxygen atoms in total. The normalized spacial score (nSPS) is 25.8. The van der Waals surface area contributed by atoms with Crippen molar-refractivity contribution in [2.24, 2.45) is 0 Å². The van der Waals surface area contributed by atoms with Crippen LogP contribution in [0.25, 0.3) is 0 Å². The van der Waals surface area contributed by atoms with Crippen LogP contribution in [0, 0.1) is 0 Å². The maximum absolute atomic E-state index is 6.06. The van der Waals surface area contributed by atoms with E-state index in [9.17, 15) is 0 Å². The van der Waals surface area contributed by atoms with Crippen molar-refractivity contribution in [1.82, 2.24) is 19.9 Å². The average Bonchev–Trinajstić information content (AvgIpc) is 3.29. The molecule has 3 heterocycles. The van der Waals surface area contributed by atoms with Crippen molar-refractivity contribution >= 4 is 0 Å². The minimum Gasteiger partial charge on any atom is -0.374 e. The lowest BCUT2D eigenvalue weighted by Gasteiger charge is -2.37. The van der Waals surface area contributed by atoms with Gasteiger partial charge in [-0.05, 0) is 12.5 Å². The van der Waals surface area contributed by atoms with Crippen molar-refractivity contribution in [3.8, 4) is 0 Å². The van der Waals surface area contributed by atoms with Gasteiger partial charge in [0.15, 0.2) is 5.82 Å². The molecule has 3 atom stereocenters. The Labute approximate surface area is 148 Å². The predicted octanol–water partition coefficient (Wildman–Crippen LogP) is 2.28. The monoisotopic (exact) mass is 342 g/mol. The van der Waals surface area contributed by atoms with Gasteiger partial charge in [-0.1, -0.05) is 42.4 Å². The number of hydrogen-bond donors (Lipinski definition) is 0. The van der Waals surface area contributed by atoms with Crippen LogP contribution in [0.2, 0.25) is 0 Å². The Morgan fingerprint density at radius 2 is 2.08 bits per heavy atom. The van der Waals surface area contributed by atoms with Crippen LogP contribution >= 0.6 is 0 Å². The van der Waals surface area contributed by atoms with E-state index in [0.717, 1.165) is 45.0 Å². The van der Waals surface area contributed by atoms with Crippen molar-refractivity contribution < 1.29 is 9.26 Å². The second-order valence-corrected chi connectivity index (χ2v) is 6.96. The Kier molecular flexibility index (Phi) is 4.83. The lowest BCUT2D eigenvalue weighted by Crippen LogP contribution is -2.50. The third-order valence-electron chi connectivity index (χ3n) is 5.38. The molecule has 0 amide bonds. The molecule has 2 aliphatic heterocycles. The Hall–Kier alpha value is -1.76. The van der Waals surface area contributed by atoms with E-state index >= 15 is 0 Å². The summed E-state index contributed by atoms with van der Waals surface area (Å²) < 4.78 is 11.5. The molecule has 0 saturated carbocycles. The number of benzene rings is 1. The van der Waals surface area contributed by atoms with Gasteiger partial charge in [0.2, 0.25) is 5.89 Å². The fraction of sp³-hybridized carbons (Fsp3) is 0.579. The summed E-state index contributed by atoms with van der Waals surface area (Å²) in [5.41, 5.74) is 1.36. The molecular weight excluding hydrogens is 316 g/mol. The number of rotatable bonds is 5. The number of hydrogen-bond acceptors (Lipinski definition) is 6. The third-order valence-corrected chi connectivity index (χ3v) is 5.38. The van der Waals surface area contributed by atoms with Crippen LogP contribution in [0.5, 0.6) is 0 Å². The van der Waals surface area contributed by atoms with Crippen LogP contribution in [0.3, 0.4) is 0 Å². The second-order valence-electron chi connectivity index (χ2n) is 6.96. The summed E-state index contributed by atoms with van der Waals surface area (Å²) in [5, 5.41) is 4.03. The number of ether oxygens (including phenoxy) is 1. The average molecular weight is 342 g/mol. The molecule has 0 N–H and O–H groups in total.